The minimum atomic E-state index is -0.646. The Morgan fingerprint density at radius 2 is 1.93 bits per heavy atom. The maximum absolute atomic E-state index is 11.5. The summed E-state index contributed by atoms with van der Waals surface area (Å²) in [5, 5.41) is 3.43. The maximum Gasteiger partial charge on any atom is 0.0437 e. The first-order valence-corrected chi connectivity index (χ1v) is 6.80. The molecule has 1 aromatic rings. The van der Waals surface area contributed by atoms with Crippen molar-refractivity contribution in [2.75, 3.05) is 18.1 Å². The van der Waals surface area contributed by atoms with Crippen molar-refractivity contribution < 1.29 is 4.21 Å². The van der Waals surface area contributed by atoms with E-state index >= 15 is 0 Å². The van der Waals surface area contributed by atoms with E-state index < -0.39 is 10.8 Å². The second kappa shape index (κ2) is 4.45. The highest BCUT2D eigenvalue weighted by Crippen LogP contribution is 2.19. The minimum Gasteiger partial charge on any atom is -0.308 e. The molecule has 0 saturated carbocycles. The Morgan fingerprint density at radius 1 is 1.27 bits per heavy atom. The van der Waals surface area contributed by atoms with Gasteiger partial charge >= 0.3 is 0 Å². The zero-order valence-electron chi connectivity index (χ0n) is 9.25. The molecule has 0 aromatic heterocycles. The summed E-state index contributed by atoms with van der Waals surface area (Å²) in [6, 6.07) is 6.82. The van der Waals surface area contributed by atoms with Crippen LogP contribution < -0.4 is 5.32 Å². The van der Waals surface area contributed by atoms with Crippen LogP contribution in [0.5, 0.6) is 0 Å². The molecule has 0 spiro atoms. The highest BCUT2D eigenvalue weighted by molar-refractivity contribution is 7.85. The second-order valence-corrected chi connectivity index (χ2v) is 5.86. The van der Waals surface area contributed by atoms with Gasteiger partial charge in [-0.25, -0.2) is 0 Å². The average molecular weight is 223 g/mol. The Balaban J connectivity index is 2.24. The van der Waals surface area contributed by atoms with Crippen molar-refractivity contribution in [3.63, 3.8) is 0 Å². The summed E-state index contributed by atoms with van der Waals surface area (Å²) in [4.78, 5) is 0. The Bertz CT molecular complexity index is 369. The van der Waals surface area contributed by atoms with Crippen LogP contribution in [-0.4, -0.2) is 22.3 Å². The molecule has 15 heavy (non-hydrogen) atoms. The van der Waals surface area contributed by atoms with Gasteiger partial charge in [-0.1, -0.05) is 29.3 Å². The van der Waals surface area contributed by atoms with E-state index in [9.17, 15) is 4.21 Å². The van der Waals surface area contributed by atoms with E-state index in [0.717, 1.165) is 18.1 Å². The Labute approximate surface area is 93.5 Å². The summed E-state index contributed by atoms with van der Waals surface area (Å²) in [6.07, 6.45) is 0. The normalized spacial score (nSPS) is 26.5. The number of nitrogens with one attached hydrogen (secondary N) is 1. The lowest BCUT2D eigenvalue weighted by Gasteiger charge is -2.24. The van der Waals surface area contributed by atoms with E-state index in [0.29, 0.717) is 0 Å². The van der Waals surface area contributed by atoms with Gasteiger partial charge in [0.2, 0.25) is 0 Å². The first-order valence-electron chi connectivity index (χ1n) is 5.32. The summed E-state index contributed by atoms with van der Waals surface area (Å²) in [5.41, 5.74) is 3.84. The van der Waals surface area contributed by atoms with Crippen LogP contribution in [0.3, 0.4) is 0 Å². The van der Waals surface area contributed by atoms with Crippen molar-refractivity contribution in [2.24, 2.45) is 0 Å². The van der Waals surface area contributed by atoms with Gasteiger partial charge in [-0.2, -0.15) is 0 Å². The third-order valence-electron chi connectivity index (χ3n) is 2.72. The molecule has 2 unspecified atom stereocenters. The molecule has 1 heterocycles. The van der Waals surface area contributed by atoms with Crippen molar-refractivity contribution in [1.82, 2.24) is 5.32 Å². The Kier molecular flexibility index (Phi) is 3.22. The van der Waals surface area contributed by atoms with Crippen molar-refractivity contribution in [3.05, 3.63) is 34.9 Å². The standard InChI is InChI=1S/C12H17NOS/c1-9-5-10(2)7-11(6-9)12-8-15(14)4-3-13-12/h5-7,12-13H,3-4,8H2,1-2H3. The largest absolute Gasteiger partial charge is 0.308 e. The molecule has 0 radical (unpaired) electrons. The van der Waals surface area contributed by atoms with Crippen molar-refractivity contribution in [3.8, 4) is 0 Å². The van der Waals surface area contributed by atoms with E-state index in [1.54, 1.807) is 0 Å². The number of aryl methyl sites for hydroxylation is 2. The van der Waals surface area contributed by atoms with Crippen molar-refractivity contribution in [1.29, 1.82) is 0 Å². The topological polar surface area (TPSA) is 29.1 Å². The molecular formula is C12H17NOS. The highest BCUT2D eigenvalue weighted by atomic mass is 32.2. The summed E-state index contributed by atoms with van der Waals surface area (Å²) >= 11 is 0. The molecule has 1 aliphatic rings. The van der Waals surface area contributed by atoms with Gasteiger partial charge in [-0.15, -0.1) is 0 Å². The fourth-order valence-electron chi connectivity index (χ4n) is 2.10. The second-order valence-electron chi connectivity index (χ2n) is 4.24. The molecule has 2 rings (SSSR count). The summed E-state index contributed by atoms with van der Waals surface area (Å²) in [6.45, 7) is 5.08. The van der Waals surface area contributed by atoms with Crippen LogP contribution in [0.4, 0.5) is 0 Å². The molecule has 0 amide bonds. The van der Waals surface area contributed by atoms with Gasteiger partial charge in [0.1, 0.15) is 0 Å². The quantitative estimate of drug-likeness (QED) is 0.785. The van der Waals surface area contributed by atoms with E-state index in [1.807, 2.05) is 0 Å². The summed E-state index contributed by atoms with van der Waals surface area (Å²) in [5.74, 6) is 1.55. The smallest absolute Gasteiger partial charge is 0.0437 e. The third-order valence-corrected chi connectivity index (χ3v) is 4.08. The molecule has 1 aliphatic heterocycles. The molecular weight excluding hydrogens is 206 g/mol. The molecule has 1 fully saturated rings. The van der Waals surface area contributed by atoms with Gasteiger partial charge in [-0.05, 0) is 19.4 Å². The van der Waals surface area contributed by atoms with Crippen LogP contribution in [0.1, 0.15) is 22.7 Å². The molecule has 1 N–H and O–H groups in total. The van der Waals surface area contributed by atoms with Crippen LogP contribution in [0.25, 0.3) is 0 Å². The number of hydrogen-bond acceptors (Lipinski definition) is 2. The molecule has 0 bridgehead atoms. The first kappa shape index (κ1) is 10.8. The summed E-state index contributed by atoms with van der Waals surface area (Å²) < 4.78 is 11.5. The number of rotatable bonds is 1. The van der Waals surface area contributed by atoms with Gasteiger partial charge in [0.15, 0.2) is 0 Å². The molecule has 82 valence electrons. The fraction of sp³-hybridized carbons (Fsp3) is 0.500. The predicted molar refractivity (Wildman–Crippen MR) is 64.5 cm³/mol. The monoisotopic (exact) mass is 223 g/mol. The van der Waals surface area contributed by atoms with Gasteiger partial charge in [-0.3, -0.25) is 4.21 Å². The lowest BCUT2D eigenvalue weighted by molar-refractivity contribution is 0.571. The van der Waals surface area contributed by atoms with E-state index in [4.69, 9.17) is 0 Å². The van der Waals surface area contributed by atoms with Crippen LogP contribution >= 0.6 is 0 Å². The van der Waals surface area contributed by atoms with Crippen LogP contribution in [-0.2, 0) is 10.8 Å². The van der Waals surface area contributed by atoms with Crippen LogP contribution in [0.15, 0.2) is 18.2 Å². The number of hydrogen-bond donors (Lipinski definition) is 1. The van der Waals surface area contributed by atoms with Crippen molar-refractivity contribution >= 4 is 10.8 Å². The maximum atomic E-state index is 11.5. The molecule has 1 saturated heterocycles. The molecule has 0 aliphatic carbocycles. The first-order chi connectivity index (χ1) is 7.15. The van der Waals surface area contributed by atoms with Crippen LogP contribution in [0.2, 0.25) is 0 Å². The minimum absolute atomic E-state index is 0.276. The molecule has 3 heteroatoms. The Morgan fingerprint density at radius 3 is 2.53 bits per heavy atom. The molecule has 2 nitrogen and oxygen atoms in total. The van der Waals surface area contributed by atoms with E-state index in [2.05, 4.69) is 37.4 Å². The van der Waals surface area contributed by atoms with Gasteiger partial charge in [0.05, 0.1) is 0 Å². The van der Waals surface area contributed by atoms with Gasteiger partial charge < -0.3 is 5.32 Å². The zero-order valence-corrected chi connectivity index (χ0v) is 10.1. The lowest BCUT2D eigenvalue weighted by Crippen LogP contribution is -2.36. The highest BCUT2D eigenvalue weighted by Gasteiger charge is 2.19. The third kappa shape index (κ3) is 2.67. The lowest BCUT2D eigenvalue weighted by atomic mass is 10.0. The average Bonchev–Trinajstić information content (AvgIpc) is 2.16. The Hall–Kier alpha value is -0.670. The van der Waals surface area contributed by atoms with Crippen LogP contribution in [0, 0.1) is 13.8 Å². The molecule has 2 atom stereocenters. The predicted octanol–water partition coefficient (Wildman–Crippen LogP) is 1.70. The number of benzene rings is 1. The molecule has 1 aromatic carbocycles. The van der Waals surface area contributed by atoms with Gasteiger partial charge in [0.25, 0.3) is 0 Å². The van der Waals surface area contributed by atoms with E-state index in [-0.39, 0.29) is 6.04 Å². The van der Waals surface area contributed by atoms with Crippen molar-refractivity contribution in [2.45, 2.75) is 19.9 Å². The van der Waals surface area contributed by atoms with E-state index in [1.165, 1.54) is 16.7 Å². The summed E-state index contributed by atoms with van der Waals surface area (Å²) in [7, 11) is -0.646. The SMILES string of the molecule is Cc1cc(C)cc(C2CS(=O)CCN2)c1. The zero-order chi connectivity index (χ0) is 10.8. The fourth-order valence-corrected chi connectivity index (χ4v) is 3.29. The van der Waals surface area contributed by atoms with Gasteiger partial charge in [0, 0.05) is 34.9 Å².